The molecule has 3 N–H and O–H groups in total. The Balaban J connectivity index is 1.57. The van der Waals surface area contributed by atoms with E-state index in [1.807, 2.05) is 31.2 Å². The fourth-order valence-electron chi connectivity index (χ4n) is 3.40. The van der Waals surface area contributed by atoms with Crippen molar-refractivity contribution in [2.24, 2.45) is 0 Å². The van der Waals surface area contributed by atoms with Gasteiger partial charge in [-0.25, -0.2) is 9.37 Å². The molecule has 1 unspecified atom stereocenters. The summed E-state index contributed by atoms with van der Waals surface area (Å²) >= 11 is 7.07. The van der Waals surface area contributed by atoms with Gasteiger partial charge in [-0.2, -0.15) is 0 Å². The predicted molar refractivity (Wildman–Crippen MR) is 122 cm³/mol. The van der Waals surface area contributed by atoms with Crippen molar-refractivity contribution in [1.82, 2.24) is 9.97 Å². The second kappa shape index (κ2) is 9.13. The minimum absolute atomic E-state index is 0.0639. The van der Waals surface area contributed by atoms with Gasteiger partial charge in [0.25, 0.3) is 5.56 Å². The van der Waals surface area contributed by atoms with Gasteiger partial charge in [-0.05, 0) is 30.7 Å². The van der Waals surface area contributed by atoms with Gasteiger partial charge in [0.1, 0.15) is 11.6 Å². The number of thioether (sulfide) groups is 1. The maximum absolute atomic E-state index is 13.4. The second-order valence-electron chi connectivity index (χ2n) is 7.33. The number of rotatable bonds is 5. The zero-order chi connectivity index (χ0) is 22.8. The Hall–Kier alpha value is -3.17. The highest BCUT2D eigenvalue weighted by atomic mass is 35.5. The molecule has 0 bridgehead atoms. The first-order valence-corrected chi connectivity index (χ1v) is 11.0. The first kappa shape index (κ1) is 22.0. The maximum atomic E-state index is 13.4. The van der Waals surface area contributed by atoms with E-state index in [1.54, 1.807) is 0 Å². The number of fused-ring (bicyclic) bond motifs is 1. The van der Waals surface area contributed by atoms with Crippen molar-refractivity contribution in [2.45, 2.75) is 30.2 Å². The molecule has 2 heterocycles. The summed E-state index contributed by atoms with van der Waals surface area (Å²) in [6.07, 6.45) is -0.214. The van der Waals surface area contributed by atoms with E-state index in [4.69, 9.17) is 11.6 Å². The molecule has 1 atom stereocenters. The number of benzene rings is 2. The Morgan fingerprint density at radius 2 is 2.09 bits per heavy atom. The fraction of sp³-hybridized carbons (Fsp3) is 0.182. The molecule has 7 nitrogen and oxygen atoms in total. The molecule has 0 radical (unpaired) electrons. The van der Waals surface area contributed by atoms with Gasteiger partial charge >= 0.3 is 0 Å². The summed E-state index contributed by atoms with van der Waals surface area (Å²) in [6, 6.07) is 11.7. The van der Waals surface area contributed by atoms with Crippen LogP contribution in [0.2, 0.25) is 5.02 Å². The Morgan fingerprint density at radius 3 is 2.84 bits per heavy atom. The quantitative estimate of drug-likeness (QED) is 0.381. The number of hydrogen-bond acceptors (Lipinski definition) is 5. The number of carbonyl (C=O) groups excluding carboxylic acids is 2. The fourth-order valence-corrected chi connectivity index (χ4v) is 4.38. The van der Waals surface area contributed by atoms with E-state index >= 15 is 0 Å². The van der Waals surface area contributed by atoms with Crippen LogP contribution in [-0.4, -0.2) is 21.8 Å². The van der Waals surface area contributed by atoms with Gasteiger partial charge in [0.15, 0.2) is 5.16 Å². The number of amides is 2. The molecule has 10 heteroatoms. The highest BCUT2D eigenvalue weighted by molar-refractivity contribution is 7.98. The number of nitrogens with one attached hydrogen (secondary N) is 3. The zero-order valence-electron chi connectivity index (χ0n) is 16.9. The monoisotopic (exact) mass is 472 g/mol. The number of hydrogen-bond donors (Lipinski definition) is 3. The van der Waals surface area contributed by atoms with Crippen LogP contribution in [0, 0.1) is 12.7 Å². The van der Waals surface area contributed by atoms with E-state index in [0.717, 1.165) is 17.2 Å². The summed E-state index contributed by atoms with van der Waals surface area (Å²) in [5.74, 6) is -2.04. The van der Waals surface area contributed by atoms with Crippen molar-refractivity contribution >= 4 is 46.7 Å². The van der Waals surface area contributed by atoms with Gasteiger partial charge in [-0.15, -0.1) is 0 Å². The van der Waals surface area contributed by atoms with Gasteiger partial charge in [0.05, 0.1) is 16.5 Å². The molecule has 0 saturated heterocycles. The number of anilines is 2. The number of carbonyl (C=O) groups is 2. The molecule has 164 valence electrons. The van der Waals surface area contributed by atoms with Crippen LogP contribution in [0.5, 0.6) is 0 Å². The van der Waals surface area contributed by atoms with Crippen LogP contribution in [0.15, 0.2) is 52.4 Å². The van der Waals surface area contributed by atoms with Crippen LogP contribution in [0.25, 0.3) is 0 Å². The third kappa shape index (κ3) is 4.84. The average Bonchev–Trinajstić information content (AvgIpc) is 2.74. The molecule has 2 aromatic carbocycles. The van der Waals surface area contributed by atoms with Crippen LogP contribution in [0.4, 0.5) is 15.9 Å². The predicted octanol–water partition coefficient (Wildman–Crippen LogP) is 4.23. The molecule has 0 spiro atoms. The minimum atomic E-state index is -1.05. The first-order valence-electron chi connectivity index (χ1n) is 9.68. The number of H-pyrrole nitrogens is 1. The minimum Gasteiger partial charge on any atom is -0.325 e. The third-order valence-electron chi connectivity index (χ3n) is 4.89. The van der Waals surface area contributed by atoms with Crippen molar-refractivity contribution in [3.8, 4) is 0 Å². The maximum Gasteiger partial charge on any atom is 0.257 e. The first-order chi connectivity index (χ1) is 15.3. The van der Waals surface area contributed by atoms with E-state index in [2.05, 4.69) is 20.6 Å². The Morgan fingerprint density at radius 1 is 1.28 bits per heavy atom. The van der Waals surface area contributed by atoms with Crippen LogP contribution in [0.3, 0.4) is 0 Å². The number of aromatic nitrogens is 2. The molecule has 1 aliphatic heterocycles. The van der Waals surface area contributed by atoms with Gasteiger partial charge in [0, 0.05) is 17.9 Å². The topological polar surface area (TPSA) is 104 Å². The summed E-state index contributed by atoms with van der Waals surface area (Å²) in [6.45, 7) is 1.99. The number of halogens is 2. The average molecular weight is 473 g/mol. The van der Waals surface area contributed by atoms with Crippen molar-refractivity contribution in [2.75, 3.05) is 10.6 Å². The lowest BCUT2D eigenvalue weighted by molar-refractivity contribution is -0.123. The van der Waals surface area contributed by atoms with Gasteiger partial charge in [0.2, 0.25) is 11.8 Å². The zero-order valence-corrected chi connectivity index (χ0v) is 18.4. The number of aryl methyl sites for hydroxylation is 1. The molecule has 4 rings (SSSR count). The summed E-state index contributed by atoms with van der Waals surface area (Å²) in [7, 11) is 0. The number of aromatic amines is 1. The van der Waals surface area contributed by atoms with Crippen LogP contribution >= 0.6 is 23.4 Å². The highest BCUT2D eigenvalue weighted by Crippen LogP contribution is 2.31. The highest BCUT2D eigenvalue weighted by Gasteiger charge is 2.34. The number of nitrogens with zero attached hydrogens (tertiary/aromatic N) is 1. The lowest BCUT2D eigenvalue weighted by Crippen LogP contribution is -2.36. The normalized spacial score (nSPS) is 15.1. The molecule has 3 aromatic rings. The van der Waals surface area contributed by atoms with Crippen molar-refractivity contribution in [3.05, 3.63) is 80.3 Å². The van der Waals surface area contributed by atoms with Gasteiger partial charge < -0.3 is 15.6 Å². The smallest absolute Gasteiger partial charge is 0.257 e. The van der Waals surface area contributed by atoms with Crippen LogP contribution in [-0.2, 0) is 15.3 Å². The lowest BCUT2D eigenvalue weighted by atomic mass is 9.92. The van der Waals surface area contributed by atoms with E-state index in [1.165, 1.54) is 23.9 Å². The van der Waals surface area contributed by atoms with Crippen molar-refractivity contribution in [3.63, 3.8) is 0 Å². The molecular weight excluding hydrogens is 455 g/mol. The Kier molecular flexibility index (Phi) is 6.29. The van der Waals surface area contributed by atoms with Crippen molar-refractivity contribution < 1.29 is 14.0 Å². The molecule has 1 aromatic heterocycles. The summed E-state index contributed by atoms with van der Waals surface area (Å²) in [5.41, 5.74) is 2.02. The molecule has 32 heavy (non-hydrogen) atoms. The van der Waals surface area contributed by atoms with E-state index in [0.29, 0.717) is 10.9 Å². The largest absolute Gasteiger partial charge is 0.325 e. The van der Waals surface area contributed by atoms with Gasteiger partial charge in [-0.1, -0.05) is 53.2 Å². The SMILES string of the molecule is Cc1cccc(CSc2nc3c(c(=O)[nH]2)C(C(=O)Nc2ccc(F)c(Cl)c2)CC(=O)N3)c1. The van der Waals surface area contributed by atoms with E-state index in [-0.39, 0.29) is 28.5 Å². The van der Waals surface area contributed by atoms with Gasteiger partial charge in [-0.3, -0.25) is 14.4 Å². The second-order valence-corrected chi connectivity index (χ2v) is 8.71. The molecular formula is C22H18ClFN4O3S. The van der Waals surface area contributed by atoms with Crippen LogP contribution < -0.4 is 16.2 Å². The van der Waals surface area contributed by atoms with E-state index < -0.39 is 29.1 Å². The Labute approximate surface area is 191 Å². The summed E-state index contributed by atoms with van der Waals surface area (Å²) < 4.78 is 13.4. The molecule has 1 aliphatic rings. The molecule has 2 amide bonds. The Bertz CT molecular complexity index is 1280. The van der Waals surface area contributed by atoms with Crippen LogP contribution in [0.1, 0.15) is 29.0 Å². The lowest BCUT2D eigenvalue weighted by Gasteiger charge is -2.23. The van der Waals surface area contributed by atoms with Crippen molar-refractivity contribution in [1.29, 1.82) is 0 Å². The summed E-state index contributed by atoms with van der Waals surface area (Å²) in [4.78, 5) is 44.9. The third-order valence-corrected chi connectivity index (χ3v) is 6.13. The molecule has 0 fully saturated rings. The van der Waals surface area contributed by atoms with E-state index in [9.17, 15) is 18.8 Å². The molecule has 0 aliphatic carbocycles. The standard InChI is InChI=1S/C22H18ClFN4O3S/c1-11-3-2-4-12(7-11)10-32-22-27-19-18(21(31)28-22)14(9-17(29)26-19)20(30)25-13-5-6-16(24)15(23)8-13/h2-8,14H,9-10H2,1H3,(H,25,30)(H2,26,27,28,29,31). The summed E-state index contributed by atoms with van der Waals surface area (Å²) in [5, 5.41) is 5.34. The molecule has 0 saturated carbocycles.